The summed E-state index contributed by atoms with van der Waals surface area (Å²) in [6.45, 7) is 1.98. The molecule has 0 aromatic heterocycles. The summed E-state index contributed by atoms with van der Waals surface area (Å²) in [7, 11) is 0. The highest BCUT2D eigenvalue weighted by Gasteiger charge is 2.28. The summed E-state index contributed by atoms with van der Waals surface area (Å²) in [6.07, 6.45) is 0.927. The molecule has 4 rings (SSSR count). The number of aryl methyl sites for hydroxylation is 1. The molecule has 2 unspecified atom stereocenters. The predicted octanol–water partition coefficient (Wildman–Crippen LogP) is 3.86. The number of fused-ring (bicyclic) bond motifs is 5. The Morgan fingerprint density at radius 2 is 1.82 bits per heavy atom. The molecule has 0 saturated carbocycles. The van der Waals surface area contributed by atoms with Crippen LogP contribution in [0.3, 0.4) is 0 Å². The molecule has 0 fully saturated rings. The summed E-state index contributed by atoms with van der Waals surface area (Å²) in [5.74, 6) is -0.478. The van der Waals surface area contributed by atoms with E-state index in [0.29, 0.717) is 5.56 Å². The minimum Gasteiger partial charge on any atom is -0.386 e. The third-order valence-electron chi connectivity index (χ3n) is 4.45. The van der Waals surface area contributed by atoms with Crippen LogP contribution in [0, 0.1) is 12.7 Å². The van der Waals surface area contributed by atoms with Crippen LogP contribution >= 0.6 is 0 Å². The van der Waals surface area contributed by atoms with Crippen LogP contribution in [0.4, 0.5) is 4.39 Å². The van der Waals surface area contributed by atoms with Crippen LogP contribution in [-0.2, 0) is 0 Å². The zero-order valence-corrected chi connectivity index (χ0v) is 12.0. The Morgan fingerprint density at radius 1 is 1.05 bits per heavy atom. The van der Waals surface area contributed by atoms with Crippen LogP contribution in [0.15, 0.2) is 42.5 Å². The first-order valence-corrected chi connectivity index (χ1v) is 7.26. The number of hydrogen-bond donors (Lipinski definition) is 2. The first kappa shape index (κ1) is 13.4. The highest BCUT2D eigenvalue weighted by molar-refractivity contribution is 6.12. The van der Waals surface area contributed by atoms with Gasteiger partial charge in [-0.3, -0.25) is 0 Å². The van der Waals surface area contributed by atoms with Crippen molar-refractivity contribution in [3.05, 3.63) is 65.0 Å². The van der Waals surface area contributed by atoms with Crippen molar-refractivity contribution < 1.29 is 14.6 Å². The third-order valence-corrected chi connectivity index (χ3v) is 4.45. The van der Waals surface area contributed by atoms with Crippen LogP contribution in [0.25, 0.3) is 27.6 Å². The van der Waals surface area contributed by atoms with Crippen molar-refractivity contribution in [3.8, 4) is 0 Å². The molecular formula is C19H15FO2. The van der Waals surface area contributed by atoms with Crippen LogP contribution in [0.5, 0.6) is 0 Å². The molecule has 0 bridgehead atoms. The molecule has 2 atom stereocenters. The molecule has 110 valence electrons. The monoisotopic (exact) mass is 294 g/mol. The molecule has 2 nitrogen and oxygen atoms in total. The Labute approximate surface area is 127 Å². The van der Waals surface area contributed by atoms with E-state index in [1.165, 1.54) is 12.1 Å². The molecular weight excluding hydrogens is 279 g/mol. The summed E-state index contributed by atoms with van der Waals surface area (Å²) in [5, 5.41) is 23.7. The Hall–Kier alpha value is -2.23. The lowest BCUT2D eigenvalue weighted by Gasteiger charge is -2.24. The molecule has 0 amide bonds. The second kappa shape index (κ2) is 4.63. The smallest absolute Gasteiger partial charge is 0.130 e. The van der Waals surface area contributed by atoms with Gasteiger partial charge in [-0.25, -0.2) is 4.39 Å². The van der Waals surface area contributed by atoms with Gasteiger partial charge in [0.15, 0.2) is 0 Å². The topological polar surface area (TPSA) is 40.5 Å². The lowest BCUT2D eigenvalue weighted by Crippen LogP contribution is -2.21. The van der Waals surface area contributed by atoms with Crippen molar-refractivity contribution in [2.75, 3.05) is 0 Å². The lowest BCUT2D eigenvalue weighted by atomic mass is 9.85. The Balaban J connectivity index is 2.23. The summed E-state index contributed by atoms with van der Waals surface area (Å²) >= 11 is 0. The fourth-order valence-electron chi connectivity index (χ4n) is 3.44. The zero-order chi connectivity index (χ0) is 15.4. The highest BCUT2D eigenvalue weighted by Crippen LogP contribution is 2.39. The summed E-state index contributed by atoms with van der Waals surface area (Å²) in [4.78, 5) is 0. The Morgan fingerprint density at radius 3 is 2.64 bits per heavy atom. The Kier molecular flexibility index (Phi) is 2.83. The summed E-state index contributed by atoms with van der Waals surface area (Å²) in [5.41, 5.74) is 1.87. The van der Waals surface area contributed by atoms with E-state index in [2.05, 4.69) is 6.07 Å². The predicted molar refractivity (Wildman–Crippen MR) is 86.1 cm³/mol. The molecule has 3 aromatic rings. The molecule has 2 N–H and O–H groups in total. The fraction of sp³-hybridized carbons (Fsp3) is 0.158. The van der Waals surface area contributed by atoms with E-state index in [1.807, 2.05) is 31.2 Å². The van der Waals surface area contributed by atoms with Gasteiger partial charge in [0.1, 0.15) is 18.0 Å². The van der Waals surface area contributed by atoms with Gasteiger partial charge in [-0.15, -0.1) is 0 Å². The van der Waals surface area contributed by atoms with Gasteiger partial charge in [0.2, 0.25) is 0 Å². The fourth-order valence-corrected chi connectivity index (χ4v) is 3.44. The quantitative estimate of drug-likeness (QED) is 0.618. The van der Waals surface area contributed by atoms with Gasteiger partial charge in [0.05, 0.1) is 0 Å². The highest BCUT2D eigenvalue weighted by atomic mass is 19.1. The van der Waals surface area contributed by atoms with E-state index in [-0.39, 0.29) is 5.56 Å². The average Bonchev–Trinajstić information content (AvgIpc) is 2.50. The first-order chi connectivity index (χ1) is 10.6. The van der Waals surface area contributed by atoms with Crippen molar-refractivity contribution >= 4 is 27.6 Å². The molecule has 0 saturated heterocycles. The van der Waals surface area contributed by atoms with Crippen molar-refractivity contribution in [1.29, 1.82) is 0 Å². The lowest BCUT2D eigenvalue weighted by molar-refractivity contribution is 0.0446. The molecule has 0 aliphatic heterocycles. The zero-order valence-electron chi connectivity index (χ0n) is 12.0. The summed E-state index contributed by atoms with van der Waals surface area (Å²) < 4.78 is 14.6. The van der Waals surface area contributed by atoms with Crippen molar-refractivity contribution in [2.45, 2.75) is 19.1 Å². The average molecular weight is 294 g/mol. The van der Waals surface area contributed by atoms with Gasteiger partial charge >= 0.3 is 0 Å². The van der Waals surface area contributed by atoms with Crippen LogP contribution < -0.4 is 0 Å². The number of rotatable bonds is 0. The van der Waals surface area contributed by atoms with Crippen LogP contribution in [-0.4, -0.2) is 16.3 Å². The standard InChI is InChI=1S/C19H15FO2/c1-10-8-11-4-2-3-5-12(11)14-9-15(20)18-13(17(10)14)6-7-16(21)19(18)22/h2-9,16,19,21-22H,1H3. The van der Waals surface area contributed by atoms with E-state index in [9.17, 15) is 14.6 Å². The molecule has 3 heteroatoms. The molecule has 3 aromatic carbocycles. The second-order valence-corrected chi connectivity index (χ2v) is 5.82. The van der Waals surface area contributed by atoms with Gasteiger partial charge < -0.3 is 10.2 Å². The van der Waals surface area contributed by atoms with Gasteiger partial charge in [-0.05, 0) is 45.7 Å². The van der Waals surface area contributed by atoms with E-state index in [0.717, 1.165) is 27.1 Å². The summed E-state index contributed by atoms with van der Waals surface area (Å²) in [6, 6.07) is 11.4. The van der Waals surface area contributed by atoms with E-state index >= 15 is 0 Å². The third kappa shape index (κ3) is 1.73. The largest absolute Gasteiger partial charge is 0.386 e. The van der Waals surface area contributed by atoms with E-state index in [1.54, 1.807) is 6.08 Å². The van der Waals surface area contributed by atoms with Crippen molar-refractivity contribution in [3.63, 3.8) is 0 Å². The molecule has 22 heavy (non-hydrogen) atoms. The first-order valence-electron chi connectivity index (χ1n) is 7.26. The molecule has 0 spiro atoms. The van der Waals surface area contributed by atoms with Gasteiger partial charge in [0, 0.05) is 5.56 Å². The van der Waals surface area contributed by atoms with Gasteiger partial charge in [0.25, 0.3) is 0 Å². The van der Waals surface area contributed by atoms with Crippen molar-refractivity contribution in [2.24, 2.45) is 0 Å². The normalized spacial score (nSPS) is 20.5. The van der Waals surface area contributed by atoms with Gasteiger partial charge in [-0.2, -0.15) is 0 Å². The van der Waals surface area contributed by atoms with E-state index in [4.69, 9.17) is 0 Å². The number of benzene rings is 3. The van der Waals surface area contributed by atoms with Crippen LogP contribution in [0.1, 0.15) is 22.8 Å². The number of aliphatic hydroxyl groups is 2. The molecule has 1 aliphatic rings. The second-order valence-electron chi connectivity index (χ2n) is 5.82. The maximum Gasteiger partial charge on any atom is 0.130 e. The maximum atomic E-state index is 14.6. The maximum absolute atomic E-state index is 14.6. The van der Waals surface area contributed by atoms with Crippen LogP contribution in [0.2, 0.25) is 0 Å². The number of aliphatic hydroxyl groups excluding tert-OH is 2. The molecule has 0 radical (unpaired) electrons. The number of hydrogen-bond acceptors (Lipinski definition) is 2. The van der Waals surface area contributed by atoms with Gasteiger partial charge in [-0.1, -0.05) is 42.5 Å². The number of halogens is 1. The minimum atomic E-state index is -1.23. The SMILES string of the molecule is Cc1cc2ccccc2c2cc(F)c3c(c12)C=CC(O)C3O. The molecule has 1 aliphatic carbocycles. The van der Waals surface area contributed by atoms with E-state index < -0.39 is 18.0 Å². The minimum absolute atomic E-state index is 0.181. The molecule has 0 heterocycles. The Bertz CT molecular complexity index is 943. The van der Waals surface area contributed by atoms with Crippen molar-refractivity contribution in [1.82, 2.24) is 0 Å².